The molecule has 0 spiro atoms. The van der Waals surface area contributed by atoms with E-state index in [9.17, 15) is 10.3 Å². The molecule has 1 saturated heterocycles. The van der Waals surface area contributed by atoms with Gasteiger partial charge in [-0.05, 0) is 31.4 Å². The number of nitrogens with one attached hydrogen (secondary N) is 1. The maximum Gasteiger partial charge on any atom is 0.222 e. The SMILES string of the molecule is [O-][N+]1(CC2CON=C(c3cccnc3O)N2)CCCCC1. The Hall–Kier alpha value is -1.86. The lowest BCUT2D eigenvalue weighted by Crippen LogP contribution is -2.56. The summed E-state index contributed by atoms with van der Waals surface area (Å²) in [4.78, 5) is 9.05. The van der Waals surface area contributed by atoms with Gasteiger partial charge in [0, 0.05) is 6.20 Å². The van der Waals surface area contributed by atoms with Crippen LogP contribution in [0.5, 0.6) is 5.88 Å². The molecular formula is C14H20N4O3. The van der Waals surface area contributed by atoms with Gasteiger partial charge in [-0.2, -0.15) is 0 Å². The van der Waals surface area contributed by atoms with Crippen molar-refractivity contribution in [3.05, 3.63) is 29.1 Å². The molecule has 0 amide bonds. The molecule has 1 fully saturated rings. The average molecular weight is 292 g/mol. The third-order valence-electron chi connectivity index (χ3n) is 4.00. The predicted octanol–water partition coefficient (Wildman–Crippen LogP) is 0.936. The molecule has 0 aromatic carbocycles. The molecule has 1 atom stereocenters. The van der Waals surface area contributed by atoms with Gasteiger partial charge in [-0.25, -0.2) is 4.98 Å². The number of hydroxylamine groups is 3. The van der Waals surface area contributed by atoms with Crippen LogP contribution in [0.4, 0.5) is 0 Å². The van der Waals surface area contributed by atoms with Gasteiger partial charge in [0.2, 0.25) is 5.88 Å². The first-order valence-corrected chi connectivity index (χ1v) is 7.34. The van der Waals surface area contributed by atoms with Crippen molar-refractivity contribution < 1.29 is 14.6 Å². The fourth-order valence-electron chi connectivity index (χ4n) is 2.93. The fourth-order valence-corrected chi connectivity index (χ4v) is 2.93. The van der Waals surface area contributed by atoms with E-state index in [-0.39, 0.29) is 16.6 Å². The topological polar surface area (TPSA) is 89.8 Å². The number of piperidine rings is 1. The smallest absolute Gasteiger partial charge is 0.222 e. The van der Waals surface area contributed by atoms with E-state index >= 15 is 0 Å². The Bertz CT molecular complexity index is 529. The number of rotatable bonds is 3. The summed E-state index contributed by atoms with van der Waals surface area (Å²) in [5.41, 5.74) is 0.485. The molecule has 2 N–H and O–H groups in total. The summed E-state index contributed by atoms with van der Waals surface area (Å²) in [6.45, 7) is 2.17. The Morgan fingerprint density at radius 1 is 1.38 bits per heavy atom. The summed E-state index contributed by atoms with van der Waals surface area (Å²) >= 11 is 0. The zero-order chi connectivity index (χ0) is 14.7. The third kappa shape index (κ3) is 3.25. The van der Waals surface area contributed by atoms with E-state index in [1.165, 1.54) is 6.20 Å². The lowest BCUT2D eigenvalue weighted by Gasteiger charge is -2.47. The molecule has 7 heteroatoms. The van der Waals surface area contributed by atoms with Crippen LogP contribution in [-0.4, -0.2) is 52.9 Å². The molecule has 1 unspecified atom stereocenters. The molecule has 21 heavy (non-hydrogen) atoms. The third-order valence-corrected chi connectivity index (χ3v) is 4.00. The van der Waals surface area contributed by atoms with Gasteiger partial charge in [-0.15, -0.1) is 0 Å². The number of aromatic hydroxyl groups is 1. The number of hydrogen-bond acceptors (Lipinski definition) is 6. The van der Waals surface area contributed by atoms with Gasteiger partial charge in [0.15, 0.2) is 5.84 Å². The second-order valence-corrected chi connectivity index (χ2v) is 5.70. The molecule has 3 heterocycles. The van der Waals surface area contributed by atoms with E-state index < -0.39 is 0 Å². The van der Waals surface area contributed by atoms with Crippen LogP contribution in [0.25, 0.3) is 0 Å². The summed E-state index contributed by atoms with van der Waals surface area (Å²) in [6.07, 6.45) is 4.63. The van der Waals surface area contributed by atoms with Gasteiger partial charge in [0.25, 0.3) is 0 Å². The van der Waals surface area contributed by atoms with Crippen molar-refractivity contribution in [1.82, 2.24) is 10.3 Å². The minimum Gasteiger partial charge on any atom is -0.633 e. The second-order valence-electron chi connectivity index (χ2n) is 5.70. The Morgan fingerprint density at radius 2 is 2.19 bits per heavy atom. The molecule has 7 nitrogen and oxygen atoms in total. The highest BCUT2D eigenvalue weighted by Crippen LogP contribution is 2.20. The fraction of sp³-hybridized carbons (Fsp3) is 0.571. The molecule has 0 saturated carbocycles. The molecule has 0 aliphatic carbocycles. The van der Waals surface area contributed by atoms with Crippen molar-refractivity contribution in [3.8, 4) is 5.88 Å². The van der Waals surface area contributed by atoms with E-state index in [1.807, 2.05) is 0 Å². The van der Waals surface area contributed by atoms with E-state index in [1.54, 1.807) is 12.1 Å². The summed E-state index contributed by atoms with van der Waals surface area (Å²) in [5.74, 6) is 0.331. The first kappa shape index (κ1) is 14.1. The summed E-state index contributed by atoms with van der Waals surface area (Å²) in [7, 11) is 0. The molecule has 0 bridgehead atoms. The van der Waals surface area contributed by atoms with Crippen LogP contribution in [-0.2, 0) is 4.84 Å². The maximum atomic E-state index is 12.6. The number of hydrogen-bond donors (Lipinski definition) is 2. The van der Waals surface area contributed by atoms with Gasteiger partial charge in [-0.1, -0.05) is 5.16 Å². The summed E-state index contributed by atoms with van der Waals surface area (Å²) < 4.78 is -0.173. The Kier molecular flexibility index (Phi) is 3.94. The van der Waals surface area contributed by atoms with Gasteiger partial charge < -0.3 is 25.1 Å². The van der Waals surface area contributed by atoms with Crippen molar-refractivity contribution in [2.24, 2.45) is 5.16 Å². The Labute approximate surface area is 123 Å². The number of likely N-dealkylation sites (tertiary alicyclic amines) is 1. The zero-order valence-electron chi connectivity index (χ0n) is 11.9. The number of amidine groups is 1. The second kappa shape index (κ2) is 5.87. The molecule has 114 valence electrons. The van der Waals surface area contributed by atoms with Crippen LogP contribution in [0, 0.1) is 5.21 Å². The van der Waals surface area contributed by atoms with Crippen molar-refractivity contribution in [2.75, 3.05) is 26.2 Å². The van der Waals surface area contributed by atoms with Crippen molar-refractivity contribution >= 4 is 5.84 Å². The normalized spacial score (nSPS) is 24.6. The zero-order valence-corrected chi connectivity index (χ0v) is 11.9. The first-order chi connectivity index (χ1) is 10.2. The minimum absolute atomic E-state index is 0.100. The summed E-state index contributed by atoms with van der Waals surface area (Å²) in [6, 6.07) is 3.32. The van der Waals surface area contributed by atoms with Crippen LogP contribution in [0.3, 0.4) is 0 Å². The number of aromatic nitrogens is 1. The molecule has 1 aromatic heterocycles. The molecule has 3 rings (SSSR count). The largest absolute Gasteiger partial charge is 0.633 e. The van der Waals surface area contributed by atoms with Crippen LogP contribution >= 0.6 is 0 Å². The number of oxime groups is 1. The van der Waals surface area contributed by atoms with Crippen molar-refractivity contribution in [2.45, 2.75) is 25.3 Å². The summed E-state index contributed by atoms with van der Waals surface area (Å²) in [5, 5.41) is 29.5. The number of pyridine rings is 1. The highest BCUT2D eigenvalue weighted by Gasteiger charge is 2.29. The molecule has 2 aliphatic rings. The molecule has 1 aromatic rings. The van der Waals surface area contributed by atoms with E-state index in [0.29, 0.717) is 37.6 Å². The van der Waals surface area contributed by atoms with E-state index in [2.05, 4.69) is 15.5 Å². The Balaban J connectivity index is 1.68. The predicted molar refractivity (Wildman–Crippen MR) is 77.4 cm³/mol. The van der Waals surface area contributed by atoms with Crippen LogP contribution in [0.2, 0.25) is 0 Å². The van der Waals surface area contributed by atoms with Crippen molar-refractivity contribution in [1.29, 1.82) is 0 Å². The molecule has 0 radical (unpaired) electrons. The lowest BCUT2D eigenvalue weighted by molar-refractivity contribution is -0.886. The average Bonchev–Trinajstić information content (AvgIpc) is 2.48. The standard InChI is InChI=1S/C14H20N4O3/c19-14-12(5-4-6-15-14)13-16-11(10-21-17-13)9-18(20)7-2-1-3-8-18/h4-6,11H,1-3,7-10H2,(H,15,19)(H,16,17). The number of nitrogens with zero attached hydrogens (tertiary/aromatic N) is 3. The van der Waals surface area contributed by atoms with Crippen LogP contribution in [0.15, 0.2) is 23.5 Å². The quantitative estimate of drug-likeness (QED) is 0.639. The lowest BCUT2D eigenvalue weighted by atomic mass is 10.1. The van der Waals surface area contributed by atoms with Crippen LogP contribution in [0.1, 0.15) is 24.8 Å². The monoisotopic (exact) mass is 292 g/mol. The first-order valence-electron chi connectivity index (χ1n) is 7.34. The minimum atomic E-state index is -0.173. The van der Waals surface area contributed by atoms with Crippen molar-refractivity contribution in [3.63, 3.8) is 0 Å². The van der Waals surface area contributed by atoms with Gasteiger partial charge >= 0.3 is 0 Å². The maximum absolute atomic E-state index is 12.6. The van der Waals surface area contributed by atoms with E-state index in [0.717, 1.165) is 19.3 Å². The van der Waals surface area contributed by atoms with E-state index in [4.69, 9.17) is 4.84 Å². The Morgan fingerprint density at radius 3 is 2.95 bits per heavy atom. The van der Waals surface area contributed by atoms with Gasteiger partial charge in [0.1, 0.15) is 19.2 Å². The van der Waals surface area contributed by atoms with Gasteiger partial charge in [-0.3, -0.25) is 0 Å². The number of quaternary nitrogens is 1. The van der Waals surface area contributed by atoms with Gasteiger partial charge in [0.05, 0.1) is 18.7 Å². The van der Waals surface area contributed by atoms with Crippen LogP contribution < -0.4 is 5.32 Å². The molecular weight excluding hydrogens is 272 g/mol. The highest BCUT2D eigenvalue weighted by molar-refractivity contribution is 6.00. The molecule has 2 aliphatic heterocycles. The highest BCUT2D eigenvalue weighted by atomic mass is 16.6.